The molecule has 0 heterocycles. The molecule has 2 aromatic rings. The zero-order valence-corrected chi connectivity index (χ0v) is 11.5. The van der Waals surface area contributed by atoms with E-state index in [1.165, 1.54) is 0 Å². The fourth-order valence-electron chi connectivity index (χ4n) is 1.86. The highest BCUT2D eigenvalue weighted by Crippen LogP contribution is 2.24. The minimum Gasteiger partial charge on any atom is -0.497 e. The molecule has 0 aliphatic heterocycles. The van der Waals surface area contributed by atoms with E-state index in [1.54, 1.807) is 31.4 Å². The molecule has 20 heavy (non-hydrogen) atoms. The van der Waals surface area contributed by atoms with Gasteiger partial charge in [-0.15, -0.1) is 0 Å². The summed E-state index contributed by atoms with van der Waals surface area (Å²) in [6.45, 7) is 1.96. The lowest BCUT2D eigenvalue weighted by Gasteiger charge is -2.16. The maximum atomic E-state index is 11.0. The van der Waals surface area contributed by atoms with Crippen molar-refractivity contribution < 1.29 is 14.3 Å². The molecule has 1 atom stereocenters. The Kier molecular flexibility index (Phi) is 4.25. The van der Waals surface area contributed by atoms with Crippen molar-refractivity contribution in [3.8, 4) is 11.5 Å². The number of carbonyl (C=O) groups excluding carboxylic acids is 1. The largest absolute Gasteiger partial charge is 0.497 e. The topological polar surface area (TPSA) is 61.6 Å². The zero-order valence-electron chi connectivity index (χ0n) is 11.5. The van der Waals surface area contributed by atoms with Crippen molar-refractivity contribution in [2.75, 3.05) is 7.11 Å². The molecule has 2 rings (SSSR count). The van der Waals surface area contributed by atoms with Gasteiger partial charge in [0.2, 0.25) is 5.91 Å². The number of carbonyl (C=O) groups is 1. The third kappa shape index (κ3) is 3.29. The molecule has 0 aromatic heterocycles. The molecule has 0 fully saturated rings. The van der Waals surface area contributed by atoms with Crippen molar-refractivity contribution in [3.63, 3.8) is 0 Å². The Morgan fingerprint density at radius 1 is 1.10 bits per heavy atom. The summed E-state index contributed by atoms with van der Waals surface area (Å²) in [6, 6.07) is 14.5. The van der Waals surface area contributed by atoms with Crippen molar-refractivity contribution in [2.45, 2.75) is 13.0 Å². The number of benzene rings is 2. The van der Waals surface area contributed by atoms with Crippen LogP contribution < -0.4 is 15.2 Å². The van der Waals surface area contributed by atoms with Gasteiger partial charge in [-0.2, -0.15) is 0 Å². The Morgan fingerprint density at radius 3 is 2.40 bits per heavy atom. The first-order chi connectivity index (χ1) is 9.60. The molecule has 0 aliphatic carbocycles. The quantitative estimate of drug-likeness (QED) is 0.909. The van der Waals surface area contributed by atoms with Crippen molar-refractivity contribution in [1.29, 1.82) is 0 Å². The number of primary amides is 1. The van der Waals surface area contributed by atoms with Crippen LogP contribution in [0, 0.1) is 0 Å². The molecule has 0 aliphatic rings. The molecular formula is C16H17NO3. The number of rotatable bonds is 5. The smallest absolute Gasteiger partial charge is 0.248 e. The van der Waals surface area contributed by atoms with E-state index < -0.39 is 5.91 Å². The number of amides is 1. The second-order valence-corrected chi connectivity index (χ2v) is 4.43. The van der Waals surface area contributed by atoms with Crippen molar-refractivity contribution >= 4 is 5.91 Å². The van der Waals surface area contributed by atoms with E-state index in [-0.39, 0.29) is 6.10 Å². The summed E-state index contributed by atoms with van der Waals surface area (Å²) in [6.07, 6.45) is -0.121. The lowest BCUT2D eigenvalue weighted by atomic mass is 10.1. The van der Waals surface area contributed by atoms with Crippen LogP contribution in [0.3, 0.4) is 0 Å². The van der Waals surface area contributed by atoms with E-state index in [4.69, 9.17) is 15.2 Å². The average Bonchev–Trinajstić information content (AvgIpc) is 2.47. The van der Waals surface area contributed by atoms with Gasteiger partial charge >= 0.3 is 0 Å². The van der Waals surface area contributed by atoms with E-state index in [9.17, 15) is 4.79 Å². The third-order valence-corrected chi connectivity index (χ3v) is 3.01. The van der Waals surface area contributed by atoms with Gasteiger partial charge in [0, 0.05) is 5.56 Å². The molecule has 0 saturated heterocycles. The van der Waals surface area contributed by atoms with Gasteiger partial charge in [-0.1, -0.05) is 12.1 Å². The van der Waals surface area contributed by atoms with Crippen LogP contribution in [-0.2, 0) is 0 Å². The third-order valence-electron chi connectivity index (χ3n) is 3.01. The number of nitrogens with two attached hydrogens (primary N) is 1. The highest BCUT2D eigenvalue weighted by molar-refractivity contribution is 5.92. The lowest BCUT2D eigenvalue weighted by molar-refractivity contribution is 0.1000. The van der Waals surface area contributed by atoms with Crippen LogP contribution in [0.15, 0.2) is 48.5 Å². The molecule has 0 radical (unpaired) electrons. The predicted molar refractivity (Wildman–Crippen MR) is 77.0 cm³/mol. The minimum absolute atomic E-state index is 0.121. The molecule has 4 nitrogen and oxygen atoms in total. The Balaban J connectivity index is 2.10. The highest BCUT2D eigenvalue weighted by Gasteiger charge is 2.09. The fourth-order valence-corrected chi connectivity index (χ4v) is 1.86. The van der Waals surface area contributed by atoms with Crippen LogP contribution in [0.4, 0.5) is 0 Å². The summed E-state index contributed by atoms with van der Waals surface area (Å²) in [7, 11) is 1.63. The highest BCUT2D eigenvalue weighted by atomic mass is 16.5. The fraction of sp³-hybridized carbons (Fsp3) is 0.188. The molecule has 1 unspecified atom stereocenters. The summed E-state index contributed by atoms with van der Waals surface area (Å²) in [5.41, 5.74) is 6.68. The molecule has 2 N–H and O–H groups in total. The van der Waals surface area contributed by atoms with Gasteiger partial charge in [0.15, 0.2) is 0 Å². The van der Waals surface area contributed by atoms with Crippen molar-refractivity contribution in [1.82, 2.24) is 0 Å². The van der Waals surface area contributed by atoms with E-state index in [1.807, 2.05) is 31.2 Å². The second-order valence-electron chi connectivity index (χ2n) is 4.43. The number of hydrogen-bond acceptors (Lipinski definition) is 3. The van der Waals surface area contributed by atoms with Gasteiger partial charge < -0.3 is 15.2 Å². The van der Waals surface area contributed by atoms with Crippen molar-refractivity contribution in [2.24, 2.45) is 5.73 Å². The molecule has 1 amide bonds. The van der Waals surface area contributed by atoms with Crippen molar-refractivity contribution in [3.05, 3.63) is 59.7 Å². The first-order valence-electron chi connectivity index (χ1n) is 6.30. The van der Waals surface area contributed by atoms with Crippen LogP contribution in [0.5, 0.6) is 11.5 Å². The molecule has 4 heteroatoms. The SMILES string of the molecule is COc1cccc(C(C)Oc2ccc(C(N)=O)cc2)c1. The van der Waals surface area contributed by atoms with Gasteiger partial charge in [-0.05, 0) is 48.9 Å². The van der Waals surface area contributed by atoms with Crippen LogP contribution in [0.1, 0.15) is 28.9 Å². The van der Waals surface area contributed by atoms with E-state index >= 15 is 0 Å². The standard InChI is InChI=1S/C16H17NO3/c1-11(13-4-3-5-15(10-13)19-2)20-14-8-6-12(7-9-14)16(17)18/h3-11H,1-2H3,(H2,17,18). The molecule has 2 aromatic carbocycles. The Labute approximate surface area is 118 Å². The molecule has 0 saturated carbocycles. The van der Waals surface area contributed by atoms with Gasteiger partial charge in [0.1, 0.15) is 17.6 Å². The van der Waals surface area contributed by atoms with Crippen LogP contribution >= 0.6 is 0 Å². The van der Waals surface area contributed by atoms with E-state index in [2.05, 4.69) is 0 Å². The maximum absolute atomic E-state index is 11.0. The van der Waals surface area contributed by atoms with Gasteiger partial charge in [0.25, 0.3) is 0 Å². The van der Waals surface area contributed by atoms with E-state index in [0.717, 1.165) is 11.3 Å². The Hall–Kier alpha value is -2.49. The van der Waals surface area contributed by atoms with Gasteiger partial charge in [-0.25, -0.2) is 0 Å². The predicted octanol–water partition coefficient (Wildman–Crippen LogP) is 2.93. The van der Waals surface area contributed by atoms with Crippen LogP contribution in [-0.4, -0.2) is 13.0 Å². The second kappa shape index (κ2) is 6.10. The number of ether oxygens (including phenoxy) is 2. The lowest BCUT2D eigenvalue weighted by Crippen LogP contribution is -2.10. The maximum Gasteiger partial charge on any atom is 0.248 e. The van der Waals surface area contributed by atoms with Gasteiger partial charge in [-0.3, -0.25) is 4.79 Å². The first-order valence-corrected chi connectivity index (χ1v) is 6.30. The Bertz CT molecular complexity index is 593. The molecule has 0 bridgehead atoms. The zero-order chi connectivity index (χ0) is 14.5. The summed E-state index contributed by atoms with van der Waals surface area (Å²) in [4.78, 5) is 11.0. The monoisotopic (exact) mass is 271 g/mol. The van der Waals surface area contributed by atoms with Crippen LogP contribution in [0.25, 0.3) is 0 Å². The van der Waals surface area contributed by atoms with Crippen LogP contribution in [0.2, 0.25) is 0 Å². The van der Waals surface area contributed by atoms with E-state index in [0.29, 0.717) is 11.3 Å². The molecule has 104 valence electrons. The summed E-state index contributed by atoms with van der Waals surface area (Å²) in [5.74, 6) is 1.03. The first kappa shape index (κ1) is 13.9. The molecular weight excluding hydrogens is 254 g/mol. The average molecular weight is 271 g/mol. The number of methoxy groups -OCH3 is 1. The summed E-state index contributed by atoms with van der Waals surface area (Å²) < 4.78 is 11.0. The molecule has 0 spiro atoms. The summed E-state index contributed by atoms with van der Waals surface area (Å²) >= 11 is 0. The summed E-state index contributed by atoms with van der Waals surface area (Å²) in [5, 5.41) is 0. The number of hydrogen-bond donors (Lipinski definition) is 1. The normalized spacial score (nSPS) is 11.7. The minimum atomic E-state index is -0.447. The Morgan fingerprint density at radius 2 is 1.80 bits per heavy atom. The van der Waals surface area contributed by atoms with Gasteiger partial charge in [0.05, 0.1) is 7.11 Å².